The van der Waals surface area contributed by atoms with Crippen molar-refractivity contribution in [3.8, 4) is 11.8 Å². The number of aromatic hydroxyl groups is 1. The Bertz CT molecular complexity index is 607. The molecule has 0 radical (unpaired) electrons. The SMILES string of the molecule is CC1(c2ccc(O)cc2)CCC(C#N)(C(F)(F)C(F)(F)F)CC1. The van der Waals surface area contributed by atoms with Crippen molar-refractivity contribution in [1.29, 1.82) is 5.26 Å². The molecule has 2 rings (SSSR count). The molecule has 0 saturated heterocycles. The van der Waals surface area contributed by atoms with E-state index >= 15 is 0 Å². The quantitative estimate of drug-likeness (QED) is 0.780. The summed E-state index contributed by atoms with van der Waals surface area (Å²) in [7, 11) is 0. The minimum Gasteiger partial charge on any atom is -0.508 e. The molecular weight excluding hydrogens is 317 g/mol. The monoisotopic (exact) mass is 333 g/mol. The van der Waals surface area contributed by atoms with Crippen molar-refractivity contribution in [3.63, 3.8) is 0 Å². The lowest BCUT2D eigenvalue weighted by Crippen LogP contribution is -2.54. The first-order valence-electron chi connectivity index (χ1n) is 7.13. The van der Waals surface area contributed by atoms with Crippen LogP contribution in [0.3, 0.4) is 0 Å². The fourth-order valence-electron chi connectivity index (χ4n) is 3.15. The number of benzene rings is 1. The lowest BCUT2D eigenvalue weighted by atomic mass is 9.60. The van der Waals surface area contributed by atoms with E-state index < -0.39 is 35.8 Å². The van der Waals surface area contributed by atoms with Crippen LogP contribution in [0.4, 0.5) is 22.0 Å². The van der Waals surface area contributed by atoms with Gasteiger partial charge in [-0.25, -0.2) is 0 Å². The maximum Gasteiger partial charge on any atom is 0.454 e. The van der Waals surface area contributed by atoms with Crippen LogP contribution in [0.5, 0.6) is 5.75 Å². The van der Waals surface area contributed by atoms with Crippen molar-refractivity contribution in [2.45, 2.75) is 50.1 Å². The predicted octanol–water partition coefficient (Wildman–Crippen LogP) is 4.93. The summed E-state index contributed by atoms with van der Waals surface area (Å²) in [5.41, 5.74) is -2.57. The Morgan fingerprint density at radius 2 is 1.48 bits per heavy atom. The Labute approximate surface area is 130 Å². The van der Waals surface area contributed by atoms with E-state index in [1.54, 1.807) is 19.1 Å². The number of hydrogen-bond acceptors (Lipinski definition) is 2. The van der Waals surface area contributed by atoms with Gasteiger partial charge in [0.15, 0.2) is 0 Å². The third-order valence-corrected chi connectivity index (χ3v) is 4.94. The topological polar surface area (TPSA) is 44.0 Å². The summed E-state index contributed by atoms with van der Waals surface area (Å²) in [5, 5.41) is 18.3. The second-order valence-electron chi connectivity index (χ2n) is 6.37. The van der Waals surface area contributed by atoms with E-state index in [1.165, 1.54) is 18.2 Å². The first-order valence-corrected chi connectivity index (χ1v) is 7.13. The number of alkyl halides is 5. The zero-order chi connectivity index (χ0) is 17.5. The van der Waals surface area contributed by atoms with Crippen LogP contribution < -0.4 is 0 Å². The molecule has 0 amide bonds. The van der Waals surface area contributed by atoms with E-state index in [-0.39, 0.29) is 18.6 Å². The van der Waals surface area contributed by atoms with Gasteiger partial charge in [-0.2, -0.15) is 27.2 Å². The van der Waals surface area contributed by atoms with Crippen LogP contribution in [0.2, 0.25) is 0 Å². The van der Waals surface area contributed by atoms with Crippen molar-refractivity contribution in [2.75, 3.05) is 0 Å². The van der Waals surface area contributed by atoms with Crippen LogP contribution in [0.1, 0.15) is 38.2 Å². The average molecular weight is 333 g/mol. The number of rotatable bonds is 2. The molecule has 0 heterocycles. The highest BCUT2D eigenvalue weighted by Gasteiger charge is 2.71. The molecule has 0 bridgehead atoms. The Hall–Kier alpha value is -1.84. The van der Waals surface area contributed by atoms with Crippen molar-refractivity contribution in [1.82, 2.24) is 0 Å². The minimum absolute atomic E-state index is 0.0387. The van der Waals surface area contributed by atoms with Gasteiger partial charge in [0.2, 0.25) is 0 Å². The van der Waals surface area contributed by atoms with E-state index in [0.29, 0.717) is 0 Å². The lowest BCUT2D eigenvalue weighted by molar-refractivity contribution is -0.321. The number of nitrogens with zero attached hydrogens (tertiary/aromatic N) is 1. The van der Waals surface area contributed by atoms with E-state index in [9.17, 15) is 27.1 Å². The highest BCUT2D eigenvalue weighted by atomic mass is 19.4. The number of phenolic OH excluding ortho intramolecular Hbond substituents is 1. The molecule has 0 spiro atoms. The molecule has 1 aromatic carbocycles. The summed E-state index contributed by atoms with van der Waals surface area (Å²) < 4.78 is 65.6. The van der Waals surface area contributed by atoms with Crippen molar-refractivity contribution < 1.29 is 27.1 Å². The van der Waals surface area contributed by atoms with E-state index in [1.807, 2.05) is 0 Å². The molecule has 1 aliphatic rings. The second kappa shape index (κ2) is 5.36. The van der Waals surface area contributed by atoms with Gasteiger partial charge in [0.25, 0.3) is 0 Å². The molecule has 23 heavy (non-hydrogen) atoms. The molecule has 0 aromatic heterocycles. The summed E-state index contributed by atoms with van der Waals surface area (Å²) in [6.45, 7) is 1.77. The van der Waals surface area contributed by atoms with E-state index in [0.717, 1.165) is 5.56 Å². The number of nitriles is 1. The molecule has 0 aliphatic heterocycles. The van der Waals surface area contributed by atoms with Gasteiger partial charge in [-0.1, -0.05) is 19.1 Å². The molecule has 2 nitrogen and oxygen atoms in total. The van der Waals surface area contributed by atoms with Crippen LogP contribution in [-0.2, 0) is 5.41 Å². The fraction of sp³-hybridized carbons (Fsp3) is 0.562. The maximum atomic E-state index is 13.8. The molecule has 1 saturated carbocycles. The summed E-state index contributed by atoms with van der Waals surface area (Å²) in [5.74, 6) is -4.99. The van der Waals surface area contributed by atoms with Crippen LogP contribution in [0.25, 0.3) is 0 Å². The van der Waals surface area contributed by atoms with Crippen LogP contribution in [-0.4, -0.2) is 17.2 Å². The molecule has 126 valence electrons. The fourth-order valence-corrected chi connectivity index (χ4v) is 3.15. The Morgan fingerprint density at radius 1 is 1.00 bits per heavy atom. The van der Waals surface area contributed by atoms with Gasteiger partial charge in [0, 0.05) is 0 Å². The predicted molar refractivity (Wildman–Crippen MR) is 73.0 cm³/mol. The van der Waals surface area contributed by atoms with Crippen LogP contribution in [0.15, 0.2) is 24.3 Å². The molecule has 1 aliphatic carbocycles. The lowest BCUT2D eigenvalue weighted by Gasteiger charge is -2.45. The largest absolute Gasteiger partial charge is 0.508 e. The first-order chi connectivity index (χ1) is 10.5. The van der Waals surface area contributed by atoms with Gasteiger partial charge in [-0.15, -0.1) is 0 Å². The van der Waals surface area contributed by atoms with Crippen molar-refractivity contribution >= 4 is 0 Å². The third kappa shape index (κ3) is 2.75. The van der Waals surface area contributed by atoms with Crippen molar-refractivity contribution in [3.05, 3.63) is 29.8 Å². The Kier molecular flexibility index (Phi) is 4.08. The molecular formula is C16H16F5NO. The number of halogens is 5. The third-order valence-electron chi connectivity index (χ3n) is 4.94. The first kappa shape index (κ1) is 17.5. The Balaban J connectivity index is 2.28. The molecule has 1 fully saturated rings. The average Bonchev–Trinajstić information content (AvgIpc) is 2.47. The van der Waals surface area contributed by atoms with Crippen LogP contribution >= 0.6 is 0 Å². The summed E-state index contributed by atoms with van der Waals surface area (Å²) in [6, 6.07) is 7.38. The van der Waals surface area contributed by atoms with Gasteiger partial charge in [-0.05, 0) is 48.8 Å². The highest BCUT2D eigenvalue weighted by molar-refractivity contribution is 5.32. The maximum absolute atomic E-state index is 13.8. The van der Waals surface area contributed by atoms with Gasteiger partial charge in [-0.3, -0.25) is 0 Å². The standard InChI is InChI=1S/C16H16F5NO/c1-13(11-2-4-12(23)5-3-11)6-8-14(10-22,9-7-13)15(17,18)16(19,20)21/h2-5,23H,6-9H2,1H3. The molecule has 1 N–H and O–H groups in total. The number of phenols is 1. The molecule has 0 atom stereocenters. The van der Waals surface area contributed by atoms with Crippen LogP contribution in [0, 0.1) is 16.7 Å². The van der Waals surface area contributed by atoms with Gasteiger partial charge < -0.3 is 5.11 Å². The minimum atomic E-state index is -5.74. The van der Waals surface area contributed by atoms with Gasteiger partial charge >= 0.3 is 12.1 Å². The highest BCUT2D eigenvalue weighted by Crippen LogP contribution is 2.58. The van der Waals surface area contributed by atoms with Crippen molar-refractivity contribution in [2.24, 2.45) is 5.41 Å². The van der Waals surface area contributed by atoms with E-state index in [4.69, 9.17) is 5.26 Å². The summed E-state index contributed by atoms with van der Waals surface area (Å²) in [6.07, 6.45) is -6.73. The summed E-state index contributed by atoms with van der Waals surface area (Å²) in [4.78, 5) is 0. The zero-order valence-corrected chi connectivity index (χ0v) is 12.4. The molecule has 7 heteroatoms. The molecule has 0 unspecified atom stereocenters. The summed E-state index contributed by atoms with van der Waals surface area (Å²) >= 11 is 0. The molecule has 1 aromatic rings. The van der Waals surface area contributed by atoms with Gasteiger partial charge in [0.1, 0.15) is 11.2 Å². The zero-order valence-electron chi connectivity index (χ0n) is 12.4. The smallest absolute Gasteiger partial charge is 0.454 e. The normalized spacial score (nSPS) is 29.1. The second-order valence-corrected chi connectivity index (χ2v) is 6.37. The van der Waals surface area contributed by atoms with E-state index in [2.05, 4.69) is 0 Å². The Morgan fingerprint density at radius 3 is 1.87 bits per heavy atom. The number of hydrogen-bond donors (Lipinski definition) is 1. The van der Waals surface area contributed by atoms with Gasteiger partial charge in [0.05, 0.1) is 6.07 Å².